The van der Waals surface area contributed by atoms with E-state index in [2.05, 4.69) is 19.6 Å². The van der Waals surface area contributed by atoms with Crippen molar-refractivity contribution in [2.24, 2.45) is 0 Å². The molecule has 1 heterocycles. The van der Waals surface area contributed by atoms with Crippen LogP contribution in [0.25, 0.3) is 0 Å². The number of carbonyl (C=O) groups is 1. The van der Waals surface area contributed by atoms with Gasteiger partial charge in [-0.25, -0.2) is 0 Å². The van der Waals surface area contributed by atoms with Crippen molar-refractivity contribution in [3.63, 3.8) is 0 Å². The summed E-state index contributed by atoms with van der Waals surface area (Å²) < 4.78 is 0. The van der Waals surface area contributed by atoms with E-state index in [-0.39, 0.29) is 5.91 Å². The lowest BCUT2D eigenvalue weighted by Gasteiger charge is -2.12. The Morgan fingerprint density at radius 1 is 1.57 bits per heavy atom. The quantitative estimate of drug-likeness (QED) is 0.627. The molecule has 0 spiro atoms. The zero-order valence-electron chi connectivity index (χ0n) is 8.92. The molecule has 1 rings (SSSR count). The number of nitrogens with zero attached hydrogens (tertiary/aromatic N) is 1. The molecule has 0 fully saturated rings. The summed E-state index contributed by atoms with van der Waals surface area (Å²) in [6, 6.07) is 0. The van der Waals surface area contributed by atoms with Gasteiger partial charge in [0.1, 0.15) is 0 Å². The van der Waals surface area contributed by atoms with Crippen LogP contribution in [0, 0.1) is 0 Å². The third-order valence-corrected chi connectivity index (χ3v) is 2.50. The Labute approximate surface area is 85.6 Å². The highest BCUT2D eigenvalue weighted by Gasteiger charge is 2.20. The minimum absolute atomic E-state index is 0.151. The van der Waals surface area contributed by atoms with Crippen LogP contribution in [0.15, 0.2) is 36.0 Å². The van der Waals surface area contributed by atoms with E-state index in [0.717, 1.165) is 19.5 Å². The van der Waals surface area contributed by atoms with Crippen LogP contribution in [0.4, 0.5) is 0 Å². The van der Waals surface area contributed by atoms with E-state index in [0.29, 0.717) is 0 Å². The fourth-order valence-electron chi connectivity index (χ4n) is 1.62. The molecular formula is C12H17NO. The van der Waals surface area contributed by atoms with Gasteiger partial charge in [-0.3, -0.25) is 4.79 Å². The first-order chi connectivity index (χ1) is 6.69. The number of rotatable bonds is 3. The number of carbonyl (C=O) groups excluding carboxylic acids is 1. The zero-order valence-corrected chi connectivity index (χ0v) is 8.92. The van der Waals surface area contributed by atoms with Gasteiger partial charge in [-0.2, -0.15) is 0 Å². The van der Waals surface area contributed by atoms with Crippen molar-refractivity contribution in [2.45, 2.75) is 20.3 Å². The van der Waals surface area contributed by atoms with Crippen LogP contribution in [0.3, 0.4) is 0 Å². The van der Waals surface area contributed by atoms with E-state index >= 15 is 0 Å². The monoisotopic (exact) mass is 191 g/mol. The maximum atomic E-state index is 11.2. The molecule has 0 unspecified atom stereocenters. The average molecular weight is 191 g/mol. The first-order valence-electron chi connectivity index (χ1n) is 4.94. The molecule has 0 radical (unpaired) electrons. The highest BCUT2D eigenvalue weighted by molar-refractivity contribution is 5.75. The van der Waals surface area contributed by atoms with Gasteiger partial charge in [0, 0.05) is 20.0 Å². The first-order valence-corrected chi connectivity index (χ1v) is 4.94. The van der Waals surface area contributed by atoms with Crippen molar-refractivity contribution in [1.82, 2.24) is 4.90 Å². The van der Waals surface area contributed by atoms with Gasteiger partial charge in [-0.1, -0.05) is 31.7 Å². The third-order valence-electron chi connectivity index (χ3n) is 2.50. The standard InChI is InChI=1S/C12H17NO/c1-4-6-7-12-9-13(10(3)14)8-11(12)5-2/h4,6-7H,1,5,8-9H2,2-3H3/b7-6-. The van der Waals surface area contributed by atoms with Crippen molar-refractivity contribution >= 4 is 5.91 Å². The van der Waals surface area contributed by atoms with Crippen molar-refractivity contribution in [1.29, 1.82) is 0 Å². The molecule has 0 aromatic heterocycles. The number of allylic oxidation sites excluding steroid dienone is 2. The van der Waals surface area contributed by atoms with Gasteiger partial charge in [0.25, 0.3) is 0 Å². The Hall–Kier alpha value is -1.31. The van der Waals surface area contributed by atoms with Crippen molar-refractivity contribution < 1.29 is 4.79 Å². The molecule has 0 atom stereocenters. The lowest BCUT2D eigenvalue weighted by molar-refractivity contribution is -0.127. The molecule has 1 aliphatic rings. The van der Waals surface area contributed by atoms with Crippen LogP contribution in [0.1, 0.15) is 20.3 Å². The SMILES string of the molecule is C=C/C=C\C1=C(CC)CN(C(C)=O)C1. The predicted molar refractivity (Wildman–Crippen MR) is 58.9 cm³/mol. The molecule has 0 saturated carbocycles. The summed E-state index contributed by atoms with van der Waals surface area (Å²) in [4.78, 5) is 13.0. The number of amides is 1. The van der Waals surface area contributed by atoms with Gasteiger partial charge in [0.15, 0.2) is 0 Å². The molecule has 2 nitrogen and oxygen atoms in total. The third kappa shape index (κ3) is 2.34. The smallest absolute Gasteiger partial charge is 0.220 e. The molecular weight excluding hydrogens is 174 g/mol. The molecule has 0 aromatic carbocycles. The van der Waals surface area contributed by atoms with Crippen LogP contribution in [0.5, 0.6) is 0 Å². The molecule has 0 aliphatic carbocycles. The van der Waals surface area contributed by atoms with Gasteiger partial charge >= 0.3 is 0 Å². The first kappa shape index (κ1) is 10.8. The lowest BCUT2D eigenvalue weighted by Crippen LogP contribution is -2.26. The molecule has 14 heavy (non-hydrogen) atoms. The van der Waals surface area contributed by atoms with Crippen LogP contribution < -0.4 is 0 Å². The average Bonchev–Trinajstić information content (AvgIpc) is 2.57. The summed E-state index contributed by atoms with van der Waals surface area (Å²) in [5.41, 5.74) is 2.63. The Kier molecular flexibility index (Phi) is 3.69. The summed E-state index contributed by atoms with van der Waals surface area (Å²) in [6.07, 6.45) is 6.75. The fourth-order valence-corrected chi connectivity index (χ4v) is 1.62. The summed E-state index contributed by atoms with van der Waals surface area (Å²) in [6.45, 7) is 8.93. The van der Waals surface area contributed by atoms with E-state index in [1.807, 2.05) is 11.0 Å². The Morgan fingerprint density at radius 3 is 2.79 bits per heavy atom. The second-order valence-corrected chi connectivity index (χ2v) is 3.45. The summed E-state index contributed by atoms with van der Waals surface area (Å²) in [7, 11) is 0. The van der Waals surface area contributed by atoms with Gasteiger partial charge in [-0.15, -0.1) is 0 Å². The highest BCUT2D eigenvalue weighted by atomic mass is 16.2. The Bertz CT molecular complexity index is 299. The maximum Gasteiger partial charge on any atom is 0.220 e. The fraction of sp³-hybridized carbons (Fsp3) is 0.417. The van der Waals surface area contributed by atoms with Crippen molar-refractivity contribution in [2.75, 3.05) is 13.1 Å². The predicted octanol–water partition coefficient (Wildman–Crippen LogP) is 2.30. The van der Waals surface area contributed by atoms with E-state index in [1.165, 1.54) is 11.1 Å². The second-order valence-electron chi connectivity index (χ2n) is 3.45. The van der Waals surface area contributed by atoms with Crippen LogP contribution in [-0.2, 0) is 4.79 Å². The van der Waals surface area contributed by atoms with E-state index in [9.17, 15) is 4.79 Å². The molecule has 0 N–H and O–H groups in total. The van der Waals surface area contributed by atoms with Gasteiger partial charge < -0.3 is 4.90 Å². The molecule has 76 valence electrons. The Balaban J connectivity index is 2.75. The maximum absolute atomic E-state index is 11.2. The topological polar surface area (TPSA) is 20.3 Å². The molecule has 0 aromatic rings. The molecule has 0 saturated heterocycles. The van der Waals surface area contributed by atoms with Crippen LogP contribution >= 0.6 is 0 Å². The molecule has 1 aliphatic heterocycles. The summed E-state index contributed by atoms with van der Waals surface area (Å²) >= 11 is 0. The lowest BCUT2D eigenvalue weighted by atomic mass is 10.1. The van der Waals surface area contributed by atoms with Crippen LogP contribution in [0.2, 0.25) is 0 Å². The highest BCUT2D eigenvalue weighted by Crippen LogP contribution is 2.21. The molecule has 2 heteroatoms. The normalized spacial score (nSPS) is 16.9. The largest absolute Gasteiger partial charge is 0.335 e. The van der Waals surface area contributed by atoms with E-state index in [1.54, 1.807) is 13.0 Å². The minimum Gasteiger partial charge on any atom is -0.335 e. The molecule has 0 bridgehead atoms. The van der Waals surface area contributed by atoms with Gasteiger partial charge in [0.2, 0.25) is 5.91 Å². The van der Waals surface area contributed by atoms with Crippen molar-refractivity contribution in [3.05, 3.63) is 36.0 Å². The Morgan fingerprint density at radius 2 is 2.29 bits per heavy atom. The number of hydrogen-bond acceptors (Lipinski definition) is 1. The molecule has 1 amide bonds. The minimum atomic E-state index is 0.151. The summed E-state index contributed by atoms with van der Waals surface area (Å²) in [5.74, 6) is 0.151. The second kappa shape index (κ2) is 4.80. The van der Waals surface area contributed by atoms with E-state index < -0.39 is 0 Å². The summed E-state index contributed by atoms with van der Waals surface area (Å²) in [5, 5.41) is 0. The van der Waals surface area contributed by atoms with Gasteiger partial charge in [-0.05, 0) is 17.6 Å². The van der Waals surface area contributed by atoms with E-state index in [4.69, 9.17) is 0 Å². The van der Waals surface area contributed by atoms with Crippen molar-refractivity contribution in [3.8, 4) is 0 Å². The zero-order chi connectivity index (χ0) is 10.6. The van der Waals surface area contributed by atoms with Crippen LogP contribution in [-0.4, -0.2) is 23.9 Å². The number of hydrogen-bond donors (Lipinski definition) is 0. The van der Waals surface area contributed by atoms with Gasteiger partial charge in [0.05, 0.1) is 0 Å².